The van der Waals surface area contributed by atoms with Gasteiger partial charge in [-0.15, -0.1) is 6.58 Å². The van der Waals surface area contributed by atoms with E-state index in [1.54, 1.807) is 4.72 Å². The molecular formula is C11H10F3NO3S. The van der Waals surface area contributed by atoms with Crippen molar-refractivity contribution >= 4 is 10.3 Å². The van der Waals surface area contributed by atoms with E-state index in [9.17, 15) is 21.6 Å². The maximum Gasteiger partial charge on any atom is 0.412 e. The molecule has 1 atom stereocenters. The highest BCUT2D eigenvalue weighted by Crippen LogP contribution is 2.48. The Morgan fingerprint density at radius 1 is 1.37 bits per heavy atom. The normalized spacial score (nSPS) is 25.2. The van der Waals surface area contributed by atoms with Crippen molar-refractivity contribution in [3.63, 3.8) is 0 Å². The number of nitrogens with one attached hydrogen (secondary N) is 1. The Morgan fingerprint density at radius 3 is 2.58 bits per heavy atom. The van der Waals surface area contributed by atoms with Gasteiger partial charge < -0.3 is 4.18 Å². The summed E-state index contributed by atoms with van der Waals surface area (Å²) in [5, 5.41) is 0. The zero-order valence-corrected chi connectivity index (χ0v) is 10.4. The number of hydrogen-bond acceptors (Lipinski definition) is 3. The van der Waals surface area contributed by atoms with Crippen molar-refractivity contribution in [1.82, 2.24) is 4.72 Å². The zero-order chi connectivity index (χ0) is 14.3. The van der Waals surface area contributed by atoms with Crippen LogP contribution >= 0.6 is 0 Å². The lowest BCUT2D eigenvalue weighted by Gasteiger charge is -2.39. The second-order valence-electron chi connectivity index (χ2n) is 4.03. The highest BCUT2D eigenvalue weighted by Gasteiger charge is 2.60. The van der Waals surface area contributed by atoms with E-state index in [2.05, 4.69) is 10.8 Å². The largest absolute Gasteiger partial charge is 0.412 e. The average Bonchev–Trinajstić information content (AvgIpc) is 2.26. The molecule has 0 saturated carbocycles. The first kappa shape index (κ1) is 13.9. The second-order valence-corrected chi connectivity index (χ2v) is 5.31. The van der Waals surface area contributed by atoms with E-state index in [1.165, 1.54) is 24.3 Å². The molecule has 1 heterocycles. The lowest BCUT2D eigenvalue weighted by molar-refractivity contribution is -0.195. The van der Waals surface area contributed by atoms with E-state index >= 15 is 0 Å². The molecule has 104 valence electrons. The van der Waals surface area contributed by atoms with Gasteiger partial charge in [-0.1, -0.05) is 24.3 Å². The number of fused-ring (bicyclic) bond motifs is 1. The molecule has 0 spiro atoms. The van der Waals surface area contributed by atoms with Crippen molar-refractivity contribution < 1.29 is 25.8 Å². The van der Waals surface area contributed by atoms with Crippen LogP contribution in [0.4, 0.5) is 13.2 Å². The molecule has 19 heavy (non-hydrogen) atoms. The van der Waals surface area contributed by atoms with Crippen LogP contribution in [0.5, 0.6) is 5.75 Å². The Hall–Kier alpha value is -1.54. The maximum atomic E-state index is 13.4. The molecule has 0 aromatic heterocycles. The highest BCUT2D eigenvalue weighted by molar-refractivity contribution is 7.85. The van der Waals surface area contributed by atoms with Crippen molar-refractivity contribution in [1.29, 1.82) is 0 Å². The predicted octanol–water partition coefficient (Wildman–Crippen LogP) is 2.25. The number of rotatable bonds is 2. The molecule has 1 aliphatic heterocycles. The minimum atomic E-state index is -4.83. The number of halogens is 3. The molecule has 1 N–H and O–H groups in total. The molecule has 0 fully saturated rings. The molecule has 4 nitrogen and oxygen atoms in total. The molecule has 1 aliphatic rings. The quantitative estimate of drug-likeness (QED) is 0.851. The smallest absolute Gasteiger partial charge is 0.371 e. The van der Waals surface area contributed by atoms with E-state index in [0.29, 0.717) is 0 Å². The van der Waals surface area contributed by atoms with Crippen molar-refractivity contribution in [2.24, 2.45) is 0 Å². The van der Waals surface area contributed by atoms with Gasteiger partial charge in [0.15, 0.2) is 5.54 Å². The standard InChI is InChI=1S/C11H10F3NO3S/c1-2-7-10(11(12,13)14)8-5-3-4-6-9(8)18-19(16,17)15-10/h2-6,15H,1,7H2. The van der Waals surface area contributed by atoms with Crippen LogP contribution in [-0.4, -0.2) is 14.6 Å². The second kappa shape index (κ2) is 4.24. The molecule has 0 amide bonds. The summed E-state index contributed by atoms with van der Waals surface area (Å²) in [5.74, 6) is -0.333. The minimum absolute atomic E-state index is 0.280. The molecule has 0 bridgehead atoms. The topological polar surface area (TPSA) is 55.4 Å². The first-order chi connectivity index (χ1) is 8.72. The Balaban J connectivity index is 2.75. The first-order valence-corrected chi connectivity index (χ1v) is 6.63. The van der Waals surface area contributed by atoms with Crippen LogP contribution in [0.15, 0.2) is 36.9 Å². The number of para-hydroxylation sites is 1. The molecule has 1 aromatic rings. The summed E-state index contributed by atoms with van der Waals surface area (Å²) in [4.78, 5) is 0. The van der Waals surface area contributed by atoms with Gasteiger partial charge in [-0.05, 0) is 12.5 Å². The Labute approximate surface area is 108 Å². The predicted molar refractivity (Wildman–Crippen MR) is 61.7 cm³/mol. The third-order valence-corrected chi connectivity index (χ3v) is 3.78. The van der Waals surface area contributed by atoms with Gasteiger partial charge in [0, 0.05) is 5.56 Å². The lowest BCUT2D eigenvalue weighted by atomic mass is 9.86. The van der Waals surface area contributed by atoms with Gasteiger partial charge in [0.25, 0.3) is 0 Å². The Morgan fingerprint density at radius 2 is 2.00 bits per heavy atom. The van der Waals surface area contributed by atoms with Crippen LogP contribution in [0.1, 0.15) is 12.0 Å². The van der Waals surface area contributed by atoms with Crippen LogP contribution < -0.4 is 8.91 Å². The number of alkyl halides is 3. The van der Waals surface area contributed by atoms with E-state index in [1.807, 2.05) is 0 Å². The fraction of sp³-hybridized carbons (Fsp3) is 0.273. The van der Waals surface area contributed by atoms with E-state index in [4.69, 9.17) is 0 Å². The fourth-order valence-corrected chi connectivity index (χ4v) is 3.15. The average molecular weight is 293 g/mol. The van der Waals surface area contributed by atoms with Crippen LogP contribution in [0, 0.1) is 0 Å². The van der Waals surface area contributed by atoms with Crippen LogP contribution in [0.3, 0.4) is 0 Å². The number of benzene rings is 1. The Kier molecular flexibility index (Phi) is 3.10. The van der Waals surface area contributed by atoms with Gasteiger partial charge in [-0.25, -0.2) is 0 Å². The highest BCUT2D eigenvalue weighted by atomic mass is 32.2. The summed E-state index contributed by atoms with van der Waals surface area (Å²) < 4.78 is 69.2. The van der Waals surface area contributed by atoms with Crippen molar-refractivity contribution in [3.8, 4) is 5.75 Å². The molecule has 0 saturated heterocycles. The lowest BCUT2D eigenvalue weighted by Crippen LogP contribution is -2.59. The summed E-state index contributed by atoms with van der Waals surface area (Å²) in [5.41, 5.74) is -3.03. The summed E-state index contributed by atoms with van der Waals surface area (Å²) in [7, 11) is -4.53. The van der Waals surface area contributed by atoms with E-state index < -0.39 is 28.4 Å². The van der Waals surface area contributed by atoms with Crippen LogP contribution in [0.25, 0.3) is 0 Å². The van der Waals surface area contributed by atoms with Crippen LogP contribution in [0.2, 0.25) is 0 Å². The van der Waals surface area contributed by atoms with Gasteiger partial charge in [0.1, 0.15) is 5.75 Å². The van der Waals surface area contributed by atoms with Gasteiger partial charge in [0.05, 0.1) is 0 Å². The summed E-state index contributed by atoms with van der Waals surface area (Å²) in [6, 6.07) is 5.13. The third-order valence-electron chi connectivity index (χ3n) is 2.78. The fourth-order valence-electron chi connectivity index (χ4n) is 1.99. The Bertz CT molecular complexity index is 612. The van der Waals surface area contributed by atoms with Crippen molar-refractivity contribution in [2.75, 3.05) is 0 Å². The molecular weight excluding hydrogens is 283 g/mol. The summed E-state index contributed by atoms with van der Waals surface area (Å²) in [6.45, 7) is 3.26. The summed E-state index contributed by atoms with van der Waals surface area (Å²) >= 11 is 0. The van der Waals surface area contributed by atoms with E-state index in [0.717, 1.165) is 6.08 Å². The van der Waals surface area contributed by atoms with Crippen LogP contribution in [-0.2, 0) is 15.8 Å². The third kappa shape index (κ3) is 2.21. The van der Waals surface area contributed by atoms with E-state index in [-0.39, 0.29) is 11.3 Å². The van der Waals surface area contributed by atoms with Gasteiger partial charge in [-0.3, -0.25) is 0 Å². The molecule has 0 radical (unpaired) electrons. The minimum Gasteiger partial charge on any atom is -0.371 e. The molecule has 8 heteroatoms. The van der Waals surface area contributed by atoms with Gasteiger partial charge in [0.2, 0.25) is 0 Å². The molecule has 1 aromatic carbocycles. The SMILES string of the molecule is C=CCC1(C(F)(F)F)NS(=O)(=O)Oc2ccccc21. The van der Waals surface area contributed by atoms with Gasteiger partial charge >= 0.3 is 16.5 Å². The monoisotopic (exact) mass is 293 g/mol. The first-order valence-electron chi connectivity index (χ1n) is 5.22. The van der Waals surface area contributed by atoms with Crippen molar-refractivity contribution in [3.05, 3.63) is 42.5 Å². The molecule has 0 aliphatic carbocycles. The number of hydrogen-bond donors (Lipinski definition) is 1. The zero-order valence-electron chi connectivity index (χ0n) is 9.57. The maximum absolute atomic E-state index is 13.4. The van der Waals surface area contributed by atoms with Gasteiger partial charge in [-0.2, -0.15) is 26.3 Å². The van der Waals surface area contributed by atoms with Crippen molar-refractivity contribution in [2.45, 2.75) is 18.1 Å². The molecule has 1 unspecified atom stereocenters. The summed E-state index contributed by atoms with van der Waals surface area (Å²) in [6.07, 6.45) is -4.44. The molecule has 2 rings (SSSR count).